The van der Waals surface area contributed by atoms with Gasteiger partial charge in [0.15, 0.2) is 0 Å². The molecular formula is C20H19F3O3Se. The van der Waals surface area contributed by atoms with Gasteiger partial charge in [-0.2, -0.15) is 0 Å². The molecule has 1 heterocycles. The zero-order valence-electron chi connectivity index (χ0n) is 14.4. The molecule has 3 nitrogen and oxygen atoms in total. The van der Waals surface area contributed by atoms with E-state index < -0.39 is 17.7 Å². The summed E-state index contributed by atoms with van der Waals surface area (Å²) in [6.45, 7) is 0.629. The minimum atomic E-state index is -4.43. The van der Waals surface area contributed by atoms with Crippen molar-refractivity contribution in [2.75, 3.05) is 6.61 Å². The van der Waals surface area contributed by atoms with Crippen molar-refractivity contribution in [1.29, 1.82) is 0 Å². The van der Waals surface area contributed by atoms with Gasteiger partial charge in [-0.05, 0) is 0 Å². The Balaban J connectivity index is 1.60. The Morgan fingerprint density at radius 3 is 2.48 bits per heavy atom. The first-order chi connectivity index (χ1) is 12.9. The van der Waals surface area contributed by atoms with E-state index in [4.69, 9.17) is 9.47 Å². The third-order valence-corrected chi connectivity index (χ3v) is 6.55. The molecule has 2 atom stereocenters. The van der Waals surface area contributed by atoms with Gasteiger partial charge >= 0.3 is 162 Å². The van der Waals surface area contributed by atoms with Gasteiger partial charge in [0, 0.05) is 0 Å². The van der Waals surface area contributed by atoms with Crippen LogP contribution in [-0.4, -0.2) is 39.7 Å². The Kier molecular flexibility index (Phi) is 6.58. The van der Waals surface area contributed by atoms with Crippen LogP contribution in [0.3, 0.4) is 0 Å². The van der Waals surface area contributed by atoms with E-state index in [0.29, 0.717) is 13.0 Å². The van der Waals surface area contributed by atoms with Crippen molar-refractivity contribution in [2.24, 2.45) is 0 Å². The van der Waals surface area contributed by atoms with Crippen LogP contribution >= 0.6 is 0 Å². The second kappa shape index (κ2) is 8.91. The molecule has 1 fully saturated rings. The summed E-state index contributed by atoms with van der Waals surface area (Å²) >= 11 is 0.197. The molecule has 0 amide bonds. The topological polar surface area (TPSA) is 35.5 Å². The van der Waals surface area contributed by atoms with Crippen molar-refractivity contribution < 1.29 is 27.4 Å². The van der Waals surface area contributed by atoms with E-state index in [-0.39, 0.29) is 32.7 Å². The van der Waals surface area contributed by atoms with E-state index in [9.17, 15) is 18.0 Å². The van der Waals surface area contributed by atoms with Crippen LogP contribution in [-0.2, 0) is 15.7 Å². The molecule has 1 aliphatic rings. The van der Waals surface area contributed by atoms with Gasteiger partial charge in [0.1, 0.15) is 0 Å². The molecule has 2 aromatic carbocycles. The summed E-state index contributed by atoms with van der Waals surface area (Å²) in [5, 5.41) is 0.780. The van der Waals surface area contributed by atoms with Crippen molar-refractivity contribution in [1.82, 2.24) is 0 Å². The Hall–Kier alpha value is -1.82. The zero-order valence-corrected chi connectivity index (χ0v) is 16.2. The second-order valence-corrected chi connectivity index (χ2v) is 8.49. The molecule has 0 aromatic heterocycles. The van der Waals surface area contributed by atoms with Gasteiger partial charge in [-0.3, -0.25) is 0 Å². The standard InChI is InChI=1S/C20H19F3O3Se/c21-20(22,23)15-10-8-14(9-11-15)19(24)26-17-7-4-12-25-18(17)13-27-16-5-2-1-3-6-16/h1-3,5-6,8-11,17-18H,4,7,12-13H2/t17-,18-/m0/s1. The molecule has 0 saturated carbocycles. The van der Waals surface area contributed by atoms with Crippen LogP contribution < -0.4 is 4.46 Å². The first-order valence-electron chi connectivity index (χ1n) is 8.61. The number of ether oxygens (including phenoxy) is 2. The Morgan fingerprint density at radius 2 is 1.81 bits per heavy atom. The van der Waals surface area contributed by atoms with Gasteiger partial charge in [-0.25, -0.2) is 0 Å². The molecule has 0 N–H and O–H groups in total. The summed E-state index contributed by atoms with van der Waals surface area (Å²) in [4.78, 5) is 12.3. The van der Waals surface area contributed by atoms with Crippen LogP contribution in [0.2, 0.25) is 5.32 Å². The summed E-state index contributed by atoms with van der Waals surface area (Å²) in [5.74, 6) is -0.614. The molecule has 27 heavy (non-hydrogen) atoms. The van der Waals surface area contributed by atoms with Crippen LogP contribution in [0.4, 0.5) is 13.2 Å². The monoisotopic (exact) mass is 444 g/mol. The van der Waals surface area contributed by atoms with Gasteiger partial charge in [0.05, 0.1) is 0 Å². The maximum atomic E-state index is 12.6. The van der Waals surface area contributed by atoms with Crippen molar-refractivity contribution in [3.63, 3.8) is 0 Å². The fraction of sp³-hybridized carbons (Fsp3) is 0.350. The van der Waals surface area contributed by atoms with Gasteiger partial charge in [0.2, 0.25) is 0 Å². The number of carbonyl (C=O) groups is 1. The Bertz CT molecular complexity index is 747. The molecule has 1 aliphatic heterocycles. The van der Waals surface area contributed by atoms with Gasteiger partial charge < -0.3 is 0 Å². The quantitative estimate of drug-likeness (QED) is 0.520. The molecule has 0 unspecified atom stereocenters. The van der Waals surface area contributed by atoms with E-state index >= 15 is 0 Å². The number of alkyl halides is 3. The zero-order chi connectivity index (χ0) is 19.3. The van der Waals surface area contributed by atoms with Crippen LogP contribution in [0, 0.1) is 0 Å². The normalized spacial score (nSPS) is 20.3. The molecule has 1 saturated heterocycles. The average Bonchev–Trinajstić information content (AvgIpc) is 2.67. The number of rotatable bonds is 5. The predicted molar refractivity (Wildman–Crippen MR) is 96.3 cm³/mol. The van der Waals surface area contributed by atoms with Gasteiger partial charge in [0.25, 0.3) is 0 Å². The number of hydrogen-bond donors (Lipinski definition) is 0. The van der Waals surface area contributed by atoms with E-state index in [1.165, 1.54) is 4.46 Å². The van der Waals surface area contributed by atoms with Crippen LogP contribution in [0.15, 0.2) is 54.6 Å². The summed E-state index contributed by atoms with van der Waals surface area (Å²) in [6, 6.07) is 14.1. The van der Waals surface area contributed by atoms with Gasteiger partial charge in [-0.1, -0.05) is 0 Å². The number of esters is 1. The van der Waals surface area contributed by atoms with E-state index in [1.807, 2.05) is 18.2 Å². The van der Waals surface area contributed by atoms with Crippen molar-refractivity contribution in [3.05, 3.63) is 65.7 Å². The molecule has 0 spiro atoms. The molecule has 2 aromatic rings. The maximum absolute atomic E-state index is 12.6. The van der Waals surface area contributed by atoms with Gasteiger partial charge in [-0.15, -0.1) is 0 Å². The average molecular weight is 443 g/mol. The number of carbonyl (C=O) groups excluding carboxylic acids is 1. The Labute approximate surface area is 162 Å². The third-order valence-electron chi connectivity index (χ3n) is 4.24. The molecule has 3 rings (SSSR count). The first-order valence-corrected chi connectivity index (χ1v) is 10.7. The fourth-order valence-corrected chi connectivity index (χ4v) is 4.93. The van der Waals surface area contributed by atoms with Crippen molar-refractivity contribution in [3.8, 4) is 0 Å². The summed E-state index contributed by atoms with van der Waals surface area (Å²) in [5.41, 5.74) is -0.676. The van der Waals surface area contributed by atoms with Crippen molar-refractivity contribution in [2.45, 2.75) is 36.5 Å². The van der Waals surface area contributed by atoms with E-state index in [0.717, 1.165) is 36.0 Å². The second-order valence-electron chi connectivity index (χ2n) is 6.19. The molecule has 7 heteroatoms. The summed E-state index contributed by atoms with van der Waals surface area (Å²) in [7, 11) is 0. The Morgan fingerprint density at radius 1 is 1.11 bits per heavy atom. The van der Waals surface area contributed by atoms with Crippen LogP contribution in [0.1, 0.15) is 28.8 Å². The first kappa shape index (κ1) is 19.9. The number of benzene rings is 2. The molecule has 0 radical (unpaired) electrons. The summed E-state index contributed by atoms with van der Waals surface area (Å²) < 4.78 is 50.5. The number of hydrogen-bond acceptors (Lipinski definition) is 3. The third kappa shape index (κ3) is 5.58. The predicted octanol–water partition coefficient (Wildman–Crippen LogP) is 3.86. The minimum absolute atomic E-state index is 0.112. The molecular weight excluding hydrogens is 424 g/mol. The molecule has 0 bridgehead atoms. The number of halogens is 3. The van der Waals surface area contributed by atoms with Crippen LogP contribution in [0.5, 0.6) is 0 Å². The van der Waals surface area contributed by atoms with E-state index in [1.54, 1.807) is 0 Å². The molecule has 144 valence electrons. The molecule has 0 aliphatic carbocycles. The van der Waals surface area contributed by atoms with E-state index in [2.05, 4.69) is 12.1 Å². The fourth-order valence-electron chi connectivity index (χ4n) is 2.80. The SMILES string of the molecule is O=C(O[C@H]1CCCO[C@H]1C[Se]c1ccccc1)c1ccc(C(F)(F)F)cc1. The van der Waals surface area contributed by atoms with Crippen LogP contribution in [0.25, 0.3) is 0 Å². The summed E-state index contributed by atoms with van der Waals surface area (Å²) in [6.07, 6.45) is -3.50. The van der Waals surface area contributed by atoms with Crippen molar-refractivity contribution >= 4 is 25.4 Å².